The number of anilines is 1. The fourth-order valence-electron chi connectivity index (χ4n) is 2.40. The van der Waals surface area contributed by atoms with Gasteiger partial charge in [-0.1, -0.05) is 23.7 Å². The van der Waals surface area contributed by atoms with Crippen LogP contribution in [-0.2, 0) is 0 Å². The van der Waals surface area contributed by atoms with Gasteiger partial charge in [-0.2, -0.15) is 0 Å². The van der Waals surface area contributed by atoms with E-state index in [4.69, 9.17) is 16.3 Å². The summed E-state index contributed by atoms with van der Waals surface area (Å²) in [6, 6.07) is 10.5. The van der Waals surface area contributed by atoms with Crippen LogP contribution >= 0.6 is 11.6 Å². The van der Waals surface area contributed by atoms with Crippen molar-refractivity contribution in [3.63, 3.8) is 0 Å². The molecule has 6 heteroatoms. The molecule has 1 unspecified atom stereocenters. The van der Waals surface area contributed by atoms with Crippen molar-refractivity contribution in [3.8, 4) is 11.5 Å². The van der Waals surface area contributed by atoms with Gasteiger partial charge in [-0.25, -0.2) is 0 Å². The number of phenolic OH excluding ortho intramolecular Hbond substituents is 1. The molecular weight excluding hydrogens is 304 g/mol. The van der Waals surface area contributed by atoms with Crippen LogP contribution in [-0.4, -0.2) is 17.6 Å². The first-order valence-corrected chi connectivity index (χ1v) is 7.29. The fourth-order valence-corrected chi connectivity index (χ4v) is 2.62. The van der Waals surface area contributed by atoms with Crippen LogP contribution in [0.1, 0.15) is 29.0 Å². The number of hydrogen-bond acceptors (Lipinski definition) is 4. The molecule has 0 radical (unpaired) electrons. The van der Waals surface area contributed by atoms with Gasteiger partial charge in [0.15, 0.2) is 11.5 Å². The molecule has 5 nitrogen and oxygen atoms in total. The van der Waals surface area contributed by atoms with Gasteiger partial charge in [0, 0.05) is 5.69 Å². The lowest BCUT2D eigenvalue weighted by Gasteiger charge is -2.28. The Morgan fingerprint density at radius 1 is 1.27 bits per heavy atom. The van der Waals surface area contributed by atoms with Crippen molar-refractivity contribution in [1.82, 2.24) is 5.32 Å². The number of nitrogens with one attached hydrogen (secondary N) is 2. The largest absolute Gasteiger partial charge is 0.503 e. The Morgan fingerprint density at radius 3 is 2.82 bits per heavy atom. The molecule has 0 aromatic heterocycles. The van der Waals surface area contributed by atoms with Gasteiger partial charge in [0.2, 0.25) is 0 Å². The molecule has 1 heterocycles. The number of para-hydroxylation sites is 1. The number of phenols is 1. The number of aromatic hydroxyl groups is 1. The summed E-state index contributed by atoms with van der Waals surface area (Å²) in [5.74, 6) is 0.0243. The van der Waals surface area contributed by atoms with E-state index in [2.05, 4.69) is 10.6 Å². The standard InChI is InChI=1S/C16H15ClN2O3/c1-2-22-13-8-9(7-11(17)14(13)20)15-18-12-6-4-3-5-10(12)16(21)19-15/h3-8,15,18,20H,2H2,1H3,(H,19,21). The third-order valence-corrected chi connectivity index (χ3v) is 3.72. The summed E-state index contributed by atoms with van der Waals surface area (Å²) in [5, 5.41) is 16.2. The van der Waals surface area contributed by atoms with Crippen molar-refractivity contribution in [2.75, 3.05) is 11.9 Å². The average Bonchev–Trinajstić information content (AvgIpc) is 2.52. The quantitative estimate of drug-likeness (QED) is 0.812. The third kappa shape index (κ3) is 2.55. The molecule has 2 aromatic carbocycles. The first-order valence-electron chi connectivity index (χ1n) is 6.91. The molecule has 1 aliphatic rings. The van der Waals surface area contributed by atoms with Gasteiger partial charge in [0.25, 0.3) is 5.91 Å². The van der Waals surface area contributed by atoms with Gasteiger partial charge >= 0.3 is 0 Å². The van der Waals surface area contributed by atoms with E-state index in [1.807, 2.05) is 25.1 Å². The van der Waals surface area contributed by atoms with E-state index < -0.39 is 6.17 Å². The van der Waals surface area contributed by atoms with Gasteiger partial charge in [-0.15, -0.1) is 0 Å². The fraction of sp³-hybridized carbons (Fsp3) is 0.188. The summed E-state index contributed by atoms with van der Waals surface area (Å²) in [5.41, 5.74) is 2.04. The van der Waals surface area contributed by atoms with E-state index in [1.54, 1.807) is 18.2 Å². The molecule has 0 bridgehead atoms. The summed E-state index contributed by atoms with van der Waals surface area (Å²) in [6.45, 7) is 2.22. The molecule has 0 saturated heterocycles. The smallest absolute Gasteiger partial charge is 0.255 e. The van der Waals surface area contributed by atoms with Crippen LogP contribution in [0, 0.1) is 0 Å². The van der Waals surface area contributed by atoms with Gasteiger partial charge in [0.05, 0.1) is 17.2 Å². The minimum Gasteiger partial charge on any atom is -0.503 e. The summed E-state index contributed by atoms with van der Waals surface area (Å²) in [7, 11) is 0. The molecular formula is C16H15ClN2O3. The van der Waals surface area contributed by atoms with E-state index in [9.17, 15) is 9.90 Å². The Bertz CT molecular complexity index is 733. The second-order valence-electron chi connectivity index (χ2n) is 4.88. The highest BCUT2D eigenvalue weighted by molar-refractivity contribution is 6.32. The lowest BCUT2D eigenvalue weighted by atomic mass is 10.1. The van der Waals surface area contributed by atoms with E-state index >= 15 is 0 Å². The lowest BCUT2D eigenvalue weighted by molar-refractivity contribution is 0.0935. The minimum absolute atomic E-state index is 0.102. The maximum Gasteiger partial charge on any atom is 0.255 e. The lowest BCUT2D eigenvalue weighted by Crippen LogP contribution is -2.38. The second-order valence-corrected chi connectivity index (χ2v) is 5.29. The number of ether oxygens (including phenoxy) is 1. The predicted molar refractivity (Wildman–Crippen MR) is 84.6 cm³/mol. The first-order chi connectivity index (χ1) is 10.6. The number of rotatable bonds is 3. The molecule has 0 saturated carbocycles. The van der Waals surface area contributed by atoms with Crippen molar-refractivity contribution >= 4 is 23.2 Å². The summed E-state index contributed by atoms with van der Waals surface area (Å²) in [4.78, 5) is 12.2. The zero-order valence-corrected chi connectivity index (χ0v) is 12.6. The van der Waals surface area contributed by atoms with Crippen LogP contribution in [0.3, 0.4) is 0 Å². The predicted octanol–water partition coefficient (Wildman–Crippen LogP) is 3.30. The molecule has 1 amide bonds. The van der Waals surface area contributed by atoms with Gasteiger partial charge in [-0.3, -0.25) is 4.79 Å². The van der Waals surface area contributed by atoms with Crippen molar-refractivity contribution < 1.29 is 14.6 Å². The van der Waals surface area contributed by atoms with Crippen LogP contribution in [0.25, 0.3) is 0 Å². The maximum absolute atomic E-state index is 12.2. The third-order valence-electron chi connectivity index (χ3n) is 3.43. The highest BCUT2D eigenvalue weighted by atomic mass is 35.5. The second kappa shape index (κ2) is 5.77. The zero-order chi connectivity index (χ0) is 15.7. The summed E-state index contributed by atoms with van der Waals surface area (Å²) < 4.78 is 5.37. The number of hydrogen-bond donors (Lipinski definition) is 3. The molecule has 0 spiro atoms. The molecule has 1 aliphatic heterocycles. The van der Waals surface area contributed by atoms with Gasteiger partial charge in [0.1, 0.15) is 6.17 Å². The summed E-state index contributed by atoms with van der Waals surface area (Å²) in [6.07, 6.45) is -0.445. The Hall–Kier alpha value is -2.40. The highest BCUT2D eigenvalue weighted by Crippen LogP contribution is 2.38. The number of fused-ring (bicyclic) bond motifs is 1. The maximum atomic E-state index is 12.2. The zero-order valence-electron chi connectivity index (χ0n) is 11.9. The van der Waals surface area contributed by atoms with E-state index in [0.29, 0.717) is 23.5 Å². The van der Waals surface area contributed by atoms with E-state index in [-0.39, 0.29) is 16.7 Å². The monoisotopic (exact) mass is 318 g/mol. The first kappa shape index (κ1) is 14.5. The van der Waals surface area contributed by atoms with Crippen molar-refractivity contribution in [3.05, 3.63) is 52.5 Å². The van der Waals surface area contributed by atoms with Crippen molar-refractivity contribution in [2.24, 2.45) is 0 Å². The SMILES string of the molecule is CCOc1cc(C2NC(=O)c3ccccc3N2)cc(Cl)c1O. The molecule has 2 aromatic rings. The Kier molecular flexibility index (Phi) is 3.81. The Morgan fingerprint density at radius 2 is 2.05 bits per heavy atom. The number of amides is 1. The molecule has 1 atom stereocenters. The normalized spacial score (nSPS) is 16.5. The molecule has 0 aliphatic carbocycles. The molecule has 22 heavy (non-hydrogen) atoms. The minimum atomic E-state index is -0.445. The van der Waals surface area contributed by atoms with E-state index in [0.717, 1.165) is 5.69 Å². The highest BCUT2D eigenvalue weighted by Gasteiger charge is 2.25. The topological polar surface area (TPSA) is 70.6 Å². The van der Waals surface area contributed by atoms with E-state index in [1.165, 1.54) is 0 Å². The number of benzene rings is 2. The van der Waals surface area contributed by atoms with Crippen molar-refractivity contribution in [2.45, 2.75) is 13.1 Å². The van der Waals surface area contributed by atoms with Gasteiger partial charge < -0.3 is 20.5 Å². The van der Waals surface area contributed by atoms with Crippen LogP contribution in [0.2, 0.25) is 5.02 Å². The number of carbonyl (C=O) groups excluding carboxylic acids is 1. The number of carbonyl (C=O) groups is 1. The van der Waals surface area contributed by atoms with Crippen molar-refractivity contribution in [1.29, 1.82) is 0 Å². The van der Waals surface area contributed by atoms with Crippen LogP contribution in [0.5, 0.6) is 11.5 Å². The van der Waals surface area contributed by atoms with Crippen LogP contribution in [0.4, 0.5) is 5.69 Å². The molecule has 3 rings (SSSR count). The molecule has 0 fully saturated rings. The Labute approximate surface area is 132 Å². The molecule has 3 N–H and O–H groups in total. The Balaban J connectivity index is 1.97. The van der Waals surface area contributed by atoms with Crippen LogP contribution in [0.15, 0.2) is 36.4 Å². The summed E-state index contributed by atoms with van der Waals surface area (Å²) >= 11 is 6.04. The van der Waals surface area contributed by atoms with Gasteiger partial charge in [-0.05, 0) is 36.8 Å². The molecule has 114 valence electrons. The van der Waals surface area contributed by atoms with Crippen LogP contribution < -0.4 is 15.4 Å². The number of halogens is 1. The average molecular weight is 319 g/mol.